The Hall–Kier alpha value is 1.27. The van der Waals surface area contributed by atoms with Gasteiger partial charge in [-0.15, -0.1) is 0 Å². The molecule has 1 heterocycles. The molecule has 250 valence electrons. The molecule has 1 aromatic carbocycles. The van der Waals surface area contributed by atoms with E-state index < -0.39 is 76.1 Å². The van der Waals surface area contributed by atoms with Gasteiger partial charge in [-0.05, 0) is 0 Å². The zero-order valence-electron chi connectivity index (χ0n) is 33.2. The van der Waals surface area contributed by atoms with Gasteiger partial charge < -0.3 is 0 Å². The summed E-state index contributed by atoms with van der Waals surface area (Å²) in [5, 5.41) is 1.65. The second-order valence-corrected chi connectivity index (χ2v) is 67.7. The topological polar surface area (TPSA) is 0 Å². The van der Waals surface area contributed by atoms with Crippen molar-refractivity contribution < 1.29 is 0 Å². The van der Waals surface area contributed by atoms with E-state index >= 15 is 0 Å². The summed E-state index contributed by atoms with van der Waals surface area (Å²) in [7, 11) is -10.9. The molecule has 1 aromatic rings. The molecule has 0 saturated heterocycles. The van der Waals surface area contributed by atoms with Crippen molar-refractivity contribution >= 4 is 79.7 Å². The third kappa shape index (κ3) is 8.12. The number of rotatable bonds is 11. The van der Waals surface area contributed by atoms with E-state index in [1.54, 1.807) is 5.57 Å². The molecule has 0 N–H and O–H groups in total. The number of benzene rings is 1. The molecule has 0 radical (unpaired) electrons. The number of hydrogen-bond acceptors (Lipinski definition) is 0. The molecule has 1 aliphatic rings. The molecule has 0 bridgehead atoms. The van der Waals surface area contributed by atoms with Crippen molar-refractivity contribution in [3.05, 3.63) is 40.5 Å². The van der Waals surface area contributed by atoms with E-state index in [-0.39, 0.29) is 0 Å². The minimum atomic E-state index is -1.73. The van der Waals surface area contributed by atoms with Crippen LogP contribution in [0.4, 0.5) is 0 Å². The molecule has 1 unspecified atom stereocenters. The normalized spacial score (nSPS) is 19.4. The van der Waals surface area contributed by atoms with E-state index in [0.29, 0.717) is 4.28 Å². The quantitative estimate of drug-likeness (QED) is 0.154. The molecule has 1 atom stereocenters. The summed E-state index contributed by atoms with van der Waals surface area (Å²) in [5.74, 6) is 0. The van der Waals surface area contributed by atoms with Crippen LogP contribution in [0.2, 0.25) is 146 Å². The van der Waals surface area contributed by atoms with Crippen LogP contribution in [0, 0.1) is 0 Å². The van der Waals surface area contributed by atoms with Crippen molar-refractivity contribution in [2.45, 2.75) is 168 Å². The number of hydrogen-bond donors (Lipinski definition) is 0. The summed E-state index contributed by atoms with van der Waals surface area (Å²) >= 11 is -1.73. The molecule has 0 saturated carbocycles. The van der Waals surface area contributed by atoms with Crippen LogP contribution in [0.15, 0.2) is 23.8 Å². The molecule has 0 amide bonds. The van der Waals surface area contributed by atoms with Gasteiger partial charge in [-0.3, -0.25) is 0 Å². The van der Waals surface area contributed by atoms with Gasteiger partial charge in [0.05, 0.1) is 0 Å². The molecule has 0 nitrogen and oxygen atoms in total. The third-order valence-corrected chi connectivity index (χ3v) is 57.7. The van der Waals surface area contributed by atoms with Gasteiger partial charge in [-0.2, -0.15) is 0 Å². The van der Waals surface area contributed by atoms with Crippen molar-refractivity contribution in [2.24, 2.45) is 0 Å². The van der Waals surface area contributed by atoms with Crippen molar-refractivity contribution in [1.82, 2.24) is 0 Å². The average molecular weight is 821 g/mol. The molecule has 0 aliphatic carbocycles. The first-order chi connectivity index (χ1) is 18.7. The Balaban J connectivity index is 3.49. The third-order valence-electron chi connectivity index (χ3n) is 10.5. The molecular formula is C35H76Si7Te. The van der Waals surface area contributed by atoms with E-state index in [1.807, 2.05) is 16.7 Å². The average Bonchev–Trinajstić information content (AvgIpc) is 3.05. The fourth-order valence-corrected chi connectivity index (χ4v) is 76.7. The van der Waals surface area contributed by atoms with Gasteiger partial charge in [0, 0.05) is 0 Å². The van der Waals surface area contributed by atoms with E-state index in [4.69, 9.17) is 0 Å². The Morgan fingerprint density at radius 3 is 1.05 bits per heavy atom. The van der Waals surface area contributed by atoms with Crippen molar-refractivity contribution in [3.8, 4) is 0 Å². The van der Waals surface area contributed by atoms with Crippen LogP contribution >= 0.6 is 0 Å². The maximum absolute atomic E-state index is 3.03. The molecule has 1 aliphatic heterocycles. The second-order valence-electron chi connectivity index (χ2n) is 21.8. The first-order valence-corrected chi connectivity index (χ1v) is 47.0. The van der Waals surface area contributed by atoms with Crippen LogP contribution in [0.25, 0.3) is 0 Å². The van der Waals surface area contributed by atoms with Crippen LogP contribution in [0.1, 0.15) is 33.9 Å². The Labute approximate surface area is 285 Å². The minimum absolute atomic E-state index is 0.429. The van der Waals surface area contributed by atoms with Gasteiger partial charge in [0.1, 0.15) is 0 Å². The van der Waals surface area contributed by atoms with E-state index in [2.05, 4.69) is 166 Å². The van der Waals surface area contributed by atoms with E-state index in [0.717, 1.165) is 10.3 Å². The van der Waals surface area contributed by atoms with Gasteiger partial charge >= 0.3 is 288 Å². The Bertz CT molecular complexity index is 1070. The predicted octanol–water partition coefficient (Wildman–Crippen LogP) is 11.6. The van der Waals surface area contributed by atoms with E-state index in [9.17, 15) is 0 Å². The first kappa shape index (κ1) is 40.4. The fourth-order valence-electron chi connectivity index (χ4n) is 11.7. The molecule has 8 heteroatoms. The van der Waals surface area contributed by atoms with Crippen LogP contribution in [0.5, 0.6) is 0 Å². The molecular weight excluding hydrogens is 745 g/mol. The van der Waals surface area contributed by atoms with Gasteiger partial charge in [0.2, 0.25) is 0 Å². The van der Waals surface area contributed by atoms with Crippen LogP contribution in [-0.4, -0.2) is 76.1 Å². The van der Waals surface area contributed by atoms with E-state index in [1.165, 1.54) is 8.94 Å². The Morgan fingerprint density at radius 2 is 0.837 bits per heavy atom. The SMILES string of the molecule is CC1=CC[TeH](c2c(C([Si](C)(C)C)[Si](C)(C)C)cc(C([Si](C)(C)C)([Si](C)(C)C)[Si](C)(C)C)cc2C([Si](C)(C)C)[Si](C)(C)C)C1. The zero-order valence-corrected chi connectivity index (χ0v) is 42.8. The van der Waals surface area contributed by atoms with Gasteiger partial charge in [0.25, 0.3) is 0 Å². The molecule has 43 heavy (non-hydrogen) atoms. The molecule has 0 fully saturated rings. The van der Waals surface area contributed by atoms with Gasteiger partial charge in [-0.25, -0.2) is 0 Å². The monoisotopic (exact) mass is 822 g/mol. The second kappa shape index (κ2) is 12.6. The zero-order chi connectivity index (χ0) is 34.2. The standard InChI is InChI=1S/C35H76Si7Te/c1-28-23-24-43(27-28)32-30(33(36(2,3)4)37(5,6)7)25-29(26-31(32)34(38(8,9)10)39(11,12)13)35(40(14,15)16,41(17,18)19)42(20,21)22/h23,25-26,33-34,43H,24,27H2,1-22H3. The van der Waals surface area contributed by atoms with Crippen LogP contribution < -0.4 is 3.61 Å². The molecule has 0 spiro atoms. The van der Waals surface area contributed by atoms with Crippen LogP contribution in [0.3, 0.4) is 0 Å². The van der Waals surface area contributed by atoms with Gasteiger partial charge in [-0.1, -0.05) is 0 Å². The maximum atomic E-state index is 3.03. The van der Waals surface area contributed by atoms with Crippen LogP contribution in [-0.2, 0) is 4.28 Å². The van der Waals surface area contributed by atoms with Gasteiger partial charge in [0.15, 0.2) is 0 Å². The number of allylic oxidation sites excluding steroid dienone is 2. The Kier molecular flexibility index (Phi) is 11.9. The molecule has 2 rings (SSSR count). The summed E-state index contributed by atoms with van der Waals surface area (Å²) in [6, 6.07) is 6.05. The summed E-state index contributed by atoms with van der Waals surface area (Å²) in [4.78, 5) is 0. The summed E-state index contributed by atoms with van der Waals surface area (Å²) < 4.78 is 5.37. The van der Waals surface area contributed by atoms with Crippen molar-refractivity contribution in [1.29, 1.82) is 0 Å². The first-order valence-electron chi connectivity index (χ1n) is 17.3. The Morgan fingerprint density at radius 1 is 0.535 bits per heavy atom. The molecule has 0 aromatic heterocycles. The predicted molar refractivity (Wildman–Crippen MR) is 227 cm³/mol. The van der Waals surface area contributed by atoms with Crippen molar-refractivity contribution in [3.63, 3.8) is 0 Å². The van der Waals surface area contributed by atoms with Crippen molar-refractivity contribution in [2.75, 3.05) is 0 Å². The summed E-state index contributed by atoms with van der Waals surface area (Å²) in [5.41, 5.74) is 7.49. The fraction of sp³-hybridized carbons (Fsp3) is 0.771. The summed E-state index contributed by atoms with van der Waals surface area (Å²) in [6.45, 7) is 60.1. The summed E-state index contributed by atoms with van der Waals surface area (Å²) in [6.07, 6.45) is 2.68.